The highest BCUT2D eigenvalue weighted by molar-refractivity contribution is 5.81. The summed E-state index contributed by atoms with van der Waals surface area (Å²) in [5, 5.41) is 52.1. The van der Waals surface area contributed by atoms with Crippen molar-refractivity contribution in [2.75, 3.05) is 55.2 Å². The Morgan fingerprint density at radius 1 is 0.415 bits per heavy atom. The third-order valence-electron chi connectivity index (χ3n) is 25.0. The van der Waals surface area contributed by atoms with Gasteiger partial charge in [0, 0.05) is 79.8 Å². The Morgan fingerprint density at radius 3 is 1.00 bits per heavy atom. The minimum Gasteiger partial charge on any atom is -0.390 e. The van der Waals surface area contributed by atoms with Crippen LogP contribution in [-0.4, -0.2) is 171 Å². The quantitative estimate of drug-likeness (QED) is 0.0276. The highest BCUT2D eigenvalue weighted by atomic mass is 16.3. The summed E-state index contributed by atoms with van der Waals surface area (Å²) in [6.45, 7) is 28.3. The lowest BCUT2D eigenvalue weighted by Gasteiger charge is -2.44. The molecule has 3 aliphatic carbocycles. The van der Waals surface area contributed by atoms with Gasteiger partial charge in [0.15, 0.2) is 34.4 Å². The molecule has 0 bridgehead atoms. The van der Waals surface area contributed by atoms with E-state index in [1.807, 2.05) is 35.2 Å². The summed E-state index contributed by atoms with van der Waals surface area (Å²) in [4.78, 5) is 101. The molecule has 9 aromatic heterocycles. The molecule has 0 unspecified atom stereocenters. The molecule has 1 amide bonds. The summed E-state index contributed by atoms with van der Waals surface area (Å²) in [6, 6.07) is 42.7. The number of β-amino-alcohol motifs (C(OH)–C–C–N with tert-alkyl or cyclic N) is 1. The lowest BCUT2D eigenvalue weighted by molar-refractivity contribution is -0.140. The van der Waals surface area contributed by atoms with Crippen LogP contribution in [0.5, 0.6) is 0 Å². The predicted octanol–water partition coefficient (Wildman–Crippen LogP) is 13.3. The maximum Gasteiger partial charge on any atom is 0.278 e. The molecule has 29 nitrogen and oxygen atoms in total. The van der Waals surface area contributed by atoms with Crippen LogP contribution in [0.1, 0.15) is 183 Å². The van der Waals surface area contributed by atoms with Crippen LogP contribution in [0.2, 0.25) is 0 Å². The van der Waals surface area contributed by atoms with Gasteiger partial charge in [0.05, 0.1) is 42.8 Å². The van der Waals surface area contributed by atoms with Crippen LogP contribution in [0.15, 0.2) is 198 Å². The fourth-order valence-electron chi connectivity index (χ4n) is 17.9. The Hall–Kier alpha value is -12.0. The normalized spacial score (nSPS) is 19.7. The zero-order valence-electron chi connectivity index (χ0n) is 71.0. The number of aliphatic hydroxyl groups excluding tert-OH is 1. The number of nitrogens with one attached hydrogen (secondary N) is 3. The minimum absolute atomic E-state index is 0.140. The molecule has 3 aliphatic heterocycles. The van der Waals surface area contributed by atoms with Gasteiger partial charge in [-0.2, -0.15) is 15.0 Å². The van der Waals surface area contributed by atoms with E-state index in [1.165, 1.54) is 101 Å². The Kier molecular flexibility index (Phi) is 24.6. The Labute approximate surface area is 714 Å². The molecular formula is C94H111N21O8. The largest absolute Gasteiger partial charge is 0.390 e. The van der Waals surface area contributed by atoms with Crippen LogP contribution in [0.4, 0.5) is 34.9 Å². The van der Waals surface area contributed by atoms with Crippen molar-refractivity contribution in [1.82, 2.24) is 87.6 Å². The Bertz CT molecular complexity index is 6010. The SMILES string of the molecule is C=CCn1c(=O)c2cnc(Nc3ccc(C4CCC(C(=O)N5CCC5)CC4)cc3)nc2n1-c1cccc(C(C)(C)O)n1.C=CCn1c(=O)c2cnc(Nc3ccc(C4CCC(N5CC(O)C5)CC4)cc3)nc2n1-c1cccc(C(C)(C)O)n1.C=CCn1c(=O)c2cnc(Nc3ccc(C4CCC(N5CCC5)CC4)cc3)nc2n1-c1cccc(C(C)(C)O)n1. The molecule has 6 fully saturated rings. The number of aromatic nitrogens is 15. The van der Waals surface area contributed by atoms with E-state index in [-0.39, 0.29) is 48.3 Å². The van der Waals surface area contributed by atoms with Crippen LogP contribution >= 0.6 is 0 Å². The van der Waals surface area contributed by atoms with Crippen LogP contribution in [0.25, 0.3) is 50.6 Å². The van der Waals surface area contributed by atoms with E-state index in [2.05, 4.69) is 124 Å². The summed E-state index contributed by atoms with van der Waals surface area (Å²) >= 11 is 0. The highest BCUT2D eigenvalue weighted by Gasteiger charge is 2.36. The number of benzene rings is 3. The van der Waals surface area contributed by atoms with Gasteiger partial charge in [-0.1, -0.05) is 72.8 Å². The molecule has 12 heterocycles. The van der Waals surface area contributed by atoms with E-state index in [9.17, 15) is 39.6 Å². The number of anilines is 6. The molecule has 18 rings (SSSR count). The first-order valence-electron chi connectivity index (χ1n) is 43.2. The number of hydrogen-bond donors (Lipinski definition) is 7. The average Bonchev–Trinajstić information content (AvgIpc) is 1.61. The van der Waals surface area contributed by atoms with Crippen LogP contribution in [-0.2, 0) is 41.2 Å². The zero-order chi connectivity index (χ0) is 86.0. The molecular weight excluding hydrogens is 1550 g/mol. The van der Waals surface area contributed by atoms with Crippen molar-refractivity contribution in [2.24, 2.45) is 5.92 Å². The summed E-state index contributed by atoms with van der Waals surface area (Å²) in [5.74, 6) is 4.66. The summed E-state index contributed by atoms with van der Waals surface area (Å²) in [5.41, 5.74) is 5.12. The van der Waals surface area contributed by atoms with Gasteiger partial charge in [0.25, 0.3) is 16.7 Å². The van der Waals surface area contributed by atoms with E-state index in [0.717, 1.165) is 94.2 Å². The fourth-order valence-corrected chi connectivity index (χ4v) is 17.9. The maximum atomic E-state index is 13.3. The van der Waals surface area contributed by atoms with Gasteiger partial charge in [-0.05, 0) is 252 Å². The molecule has 6 aliphatic rings. The third-order valence-corrected chi connectivity index (χ3v) is 25.0. The summed E-state index contributed by atoms with van der Waals surface area (Å²) in [6.07, 6.45) is 25.6. The van der Waals surface area contributed by atoms with Crippen molar-refractivity contribution in [3.05, 3.63) is 249 Å². The van der Waals surface area contributed by atoms with E-state index >= 15 is 0 Å². The highest BCUT2D eigenvalue weighted by Crippen LogP contribution is 2.41. The lowest BCUT2D eigenvalue weighted by atomic mass is 9.78. The number of aliphatic hydroxyl groups is 4. The Morgan fingerprint density at radius 2 is 0.724 bits per heavy atom. The summed E-state index contributed by atoms with van der Waals surface area (Å²) < 4.78 is 9.52. The van der Waals surface area contributed by atoms with Crippen molar-refractivity contribution in [2.45, 2.75) is 204 Å². The van der Waals surface area contributed by atoms with Gasteiger partial charge < -0.3 is 46.2 Å². The van der Waals surface area contributed by atoms with Crippen molar-refractivity contribution in [3.8, 4) is 17.5 Å². The second kappa shape index (κ2) is 35.8. The number of nitrogens with zero attached hydrogens (tertiary/aromatic N) is 18. The molecule has 7 N–H and O–H groups in total. The van der Waals surface area contributed by atoms with Gasteiger partial charge in [-0.25, -0.2) is 58.0 Å². The first kappa shape index (κ1) is 84.6. The second-order valence-electron chi connectivity index (χ2n) is 35.1. The van der Waals surface area contributed by atoms with Crippen LogP contribution in [0, 0.1) is 5.92 Å². The monoisotopic (exact) mass is 1660 g/mol. The molecule has 3 saturated heterocycles. The topological polar surface area (TPSA) is 341 Å². The van der Waals surface area contributed by atoms with E-state index < -0.39 is 16.8 Å². The maximum absolute atomic E-state index is 13.3. The number of hydrogen-bond acceptors (Lipinski definition) is 22. The van der Waals surface area contributed by atoms with Crippen molar-refractivity contribution < 1.29 is 25.2 Å². The van der Waals surface area contributed by atoms with Crippen molar-refractivity contribution in [3.63, 3.8) is 0 Å². The lowest BCUT2D eigenvalue weighted by Crippen LogP contribution is -2.55. The van der Waals surface area contributed by atoms with E-state index in [0.29, 0.717) is 115 Å². The smallest absolute Gasteiger partial charge is 0.278 e. The first-order chi connectivity index (χ1) is 59.2. The van der Waals surface area contributed by atoms with Crippen LogP contribution in [0.3, 0.4) is 0 Å². The van der Waals surface area contributed by atoms with E-state index in [1.54, 1.807) is 129 Å². The number of allylic oxidation sites excluding steroid dienone is 3. The van der Waals surface area contributed by atoms with Crippen molar-refractivity contribution >= 4 is 73.9 Å². The number of pyridine rings is 3. The van der Waals surface area contributed by atoms with Gasteiger partial charge in [-0.15, -0.1) is 19.7 Å². The Balaban J connectivity index is 0.000000137. The number of rotatable bonds is 24. The standard InChI is InChI=1S/C32H37N7O3.C31H37N7O3.C31H37N7O2/c1-4-17-38-30(41)25-20-33-31(36-28(25)39(38)27-8-5-7-26(35-27)32(2,3)42)34-24-15-13-22(14-16-24)21-9-11-23(12-10-21)29(40)37-18-6-19-37;1-4-16-37-29(40)25-17-32-30(35-28(25)38(37)27-7-5-6-26(34-27)31(2,3)41)33-22-12-8-20(9-13-22)21-10-14-23(15-11-21)36-18-24(39)19-36;1-4-17-37-29(39)25-20-32-30(35-28(25)38(37)27-8-5-7-26(34-27)31(2,3)40)33-23-13-9-21(10-14-23)22-11-15-24(16-12-22)36-18-6-19-36/h4-5,7-8,13-16,20-21,23,42H,1,6,9-12,17-19H2,2-3H3,(H,33,34,36);4-9,12-13,17,21,23-24,39,41H,1,10-11,14-16,18-19H2,2-3H3,(H,32,33,35);4-5,7-10,13-14,20,22,24,40H,1,6,11-12,15-19H2,2-3H3,(H,32,33,35). The van der Waals surface area contributed by atoms with Crippen LogP contribution < -0.4 is 32.6 Å². The van der Waals surface area contributed by atoms with Gasteiger partial charge in [0.2, 0.25) is 23.8 Å². The van der Waals surface area contributed by atoms with E-state index in [4.69, 9.17) is 15.0 Å². The average molecular weight is 1660 g/mol. The summed E-state index contributed by atoms with van der Waals surface area (Å²) in [7, 11) is 0. The van der Waals surface area contributed by atoms with Gasteiger partial charge >= 0.3 is 0 Å². The molecule has 3 saturated carbocycles. The second-order valence-corrected chi connectivity index (χ2v) is 35.1. The minimum atomic E-state index is -1.15. The molecule has 640 valence electrons. The third kappa shape index (κ3) is 18.4. The van der Waals surface area contributed by atoms with Gasteiger partial charge in [-0.3, -0.25) is 24.1 Å². The molecule has 0 radical (unpaired) electrons. The van der Waals surface area contributed by atoms with Gasteiger partial charge in [0.1, 0.15) is 33.0 Å². The number of fused-ring (bicyclic) bond motifs is 3. The molecule has 0 spiro atoms. The number of carbonyl (C=O) groups excluding carboxylic acids is 1. The molecule has 12 aromatic rings. The van der Waals surface area contributed by atoms with Crippen molar-refractivity contribution in [1.29, 1.82) is 0 Å². The number of likely N-dealkylation sites (tertiary alicyclic amines) is 3. The molecule has 29 heteroatoms. The molecule has 0 atom stereocenters. The first-order valence-corrected chi connectivity index (χ1v) is 43.2. The predicted molar refractivity (Wildman–Crippen MR) is 478 cm³/mol. The molecule has 3 aromatic carbocycles. The number of carbonyl (C=O) groups is 1. The fraction of sp³-hybridized carbons (Fsp3) is 0.415. The zero-order valence-corrected chi connectivity index (χ0v) is 71.0. The molecule has 123 heavy (non-hydrogen) atoms. The number of amides is 1.